The van der Waals surface area contributed by atoms with Gasteiger partial charge in [0.1, 0.15) is 0 Å². The van der Waals surface area contributed by atoms with Gasteiger partial charge in [0.25, 0.3) is 0 Å². The van der Waals surface area contributed by atoms with Gasteiger partial charge in [0.15, 0.2) is 11.5 Å². The van der Waals surface area contributed by atoms with E-state index in [1.165, 1.54) is 7.11 Å². The van der Waals surface area contributed by atoms with Crippen molar-refractivity contribution in [1.82, 2.24) is 0 Å². The minimum absolute atomic E-state index is 0.0632. The summed E-state index contributed by atoms with van der Waals surface area (Å²) in [6, 6.07) is 5.21. The molecular formula is C12H14O4. The van der Waals surface area contributed by atoms with Crippen molar-refractivity contribution in [3.05, 3.63) is 23.8 Å². The van der Waals surface area contributed by atoms with Crippen LogP contribution in [0.1, 0.15) is 24.8 Å². The summed E-state index contributed by atoms with van der Waals surface area (Å²) in [4.78, 5) is 10.8. The van der Waals surface area contributed by atoms with Gasteiger partial charge in [-0.1, -0.05) is 12.1 Å². The molecule has 16 heavy (non-hydrogen) atoms. The Labute approximate surface area is 93.5 Å². The van der Waals surface area contributed by atoms with Crippen LogP contribution in [-0.2, 0) is 10.2 Å². The maximum Gasteiger partial charge on any atom is 0.304 e. The summed E-state index contributed by atoms with van der Waals surface area (Å²) in [6.45, 7) is 0. The van der Waals surface area contributed by atoms with Gasteiger partial charge in [0.05, 0.1) is 13.5 Å². The molecule has 4 heteroatoms. The standard InChI is InChI=1S/C12H14O4/c1-16-9-4-2-3-8(11(9)15)12(5-6-12)7-10(13)14/h2-4,15H,5-7H2,1H3,(H,13,14). The van der Waals surface area contributed by atoms with Crippen molar-refractivity contribution in [1.29, 1.82) is 0 Å². The number of methoxy groups -OCH3 is 1. The minimum Gasteiger partial charge on any atom is -0.504 e. The fourth-order valence-electron chi connectivity index (χ4n) is 2.10. The lowest BCUT2D eigenvalue weighted by Crippen LogP contribution is -2.13. The molecule has 2 N–H and O–H groups in total. The number of aromatic hydroxyl groups is 1. The molecule has 86 valence electrons. The number of phenolic OH excluding ortho intramolecular Hbond substituents is 1. The third-order valence-electron chi connectivity index (χ3n) is 3.13. The number of aliphatic carboxylic acids is 1. The second kappa shape index (κ2) is 3.70. The van der Waals surface area contributed by atoms with Gasteiger partial charge in [0, 0.05) is 11.0 Å². The number of carboxylic acids is 1. The molecule has 1 fully saturated rings. The molecule has 2 rings (SSSR count). The van der Waals surface area contributed by atoms with Crippen LogP contribution in [0.3, 0.4) is 0 Å². The predicted octanol–water partition coefficient (Wildman–Crippen LogP) is 1.91. The van der Waals surface area contributed by atoms with E-state index < -0.39 is 5.97 Å². The van der Waals surface area contributed by atoms with E-state index in [0.717, 1.165) is 12.8 Å². The summed E-state index contributed by atoms with van der Waals surface area (Å²) < 4.78 is 5.02. The van der Waals surface area contributed by atoms with E-state index in [1.54, 1.807) is 18.2 Å². The first-order valence-electron chi connectivity index (χ1n) is 5.17. The Morgan fingerprint density at radius 3 is 2.69 bits per heavy atom. The van der Waals surface area contributed by atoms with E-state index in [4.69, 9.17) is 9.84 Å². The topological polar surface area (TPSA) is 66.8 Å². The maximum atomic E-state index is 10.8. The molecule has 0 heterocycles. The quantitative estimate of drug-likeness (QED) is 0.816. The largest absolute Gasteiger partial charge is 0.504 e. The molecule has 0 atom stereocenters. The Kier molecular flexibility index (Phi) is 2.50. The van der Waals surface area contributed by atoms with Gasteiger partial charge in [-0.15, -0.1) is 0 Å². The fourth-order valence-corrected chi connectivity index (χ4v) is 2.10. The van der Waals surface area contributed by atoms with Crippen molar-refractivity contribution >= 4 is 5.97 Å². The Hall–Kier alpha value is -1.71. The van der Waals surface area contributed by atoms with Crippen molar-refractivity contribution in [2.24, 2.45) is 0 Å². The molecule has 0 aromatic heterocycles. The maximum absolute atomic E-state index is 10.8. The highest BCUT2D eigenvalue weighted by Gasteiger charge is 2.47. The van der Waals surface area contributed by atoms with Crippen LogP contribution >= 0.6 is 0 Å². The highest BCUT2D eigenvalue weighted by atomic mass is 16.5. The molecule has 1 aliphatic rings. The van der Waals surface area contributed by atoms with Crippen molar-refractivity contribution in [3.8, 4) is 11.5 Å². The van der Waals surface area contributed by atoms with E-state index in [2.05, 4.69) is 0 Å². The Morgan fingerprint density at radius 1 is 1.50 bits per heavy atom. The van der Waals surface area contributed by atoms with Crippen molar-refractivity contribution < 1.29 is 19.7 Å². The fraction of sp³-hybridized carbons (Fsp3) is 0.417. The Morgan fingerprint density at radius 2 is 2.19 bits per heavy atom. The zero-order valence-corrected chi connectivity index (χ0v) is 9.06. The van der Waals surface area contributed by atoms with Crippen LogP contribution in [0.5, 0.6) is 11.5 Å². The summed E-state index contributed by atoms with van der Waals surface area (Å²) in [5.41, 5.74) is 0.305. The summed E-state index contributed by atoms with van der Waals surface area (Å²) in [7, 11) is 1.48. The number of phenols is 1. The minimum atomic E-state index is -0.834. The highest BCUT2D eigenvalue weighted by Crippen LogP contribution is 2.55. The van der Waals surface area contributed by atoms with Crippen LogP contribution in [0.15, 0.2) is 18.2 Å². The zero-order chi connectivity index (χ0) is 11.8. The average Bonchev–Trinajstić information content (AvgIpc) is 2.98. The van der Waals surface area contributed by atoms with E-state index >= 15 is 0 Å². The summed E-state index contributed by atoms with van der Waals surface area (Å²) in [5.74, 6) is -0.363. The van der Waals surface area contributed by atoms with Gasteiger partial charge < -0.3 is 14.9 Å². The first kappa shape index (κ1) is 10.8. The molecule has 1 aromatic carbocycles. The lowest BCUT2D eigenvalue weighted by molar-refractivity contribution is -0.137. The number of carbonyl (C=O) groups is 1. The number of benzene rings is 1. The SMILES string of the molecule is COc1cccc(C2(CC(=O)O)CC2)c1O. The van der Waals surface area contributed by atoms with Crippen LogP contribution in [-0.4, -0.2) is 23.3 Å². The molecule has 1 saturated carbocycles. The predicted molar refractivity (Wildman–Crippen MR) is 57.8 cm³/mol. The number of ether oxygens (including phenoxy) is 1. The molecule has 0 spiro atoms. The third-order valence-corrected chi connectivity index (χ3v) is 3.13. The zero-order valence-electron chi connectivity index (χ0n) is 9.06. The normalized spacial score (nSPS) is 16.8. The van der Waals surface area contributed by atoms with Crippen LogP contribution in [0.25, 0.3) is 0 Å². The van der Waals surface area contributed by atoms with E-state index in [0.29, 0.717) is 11.3 Å². The molecule has 0 amide bonds. The van der Waals surface area contributed by atoms with E-state index in [1.807, 2.05) is 0 Å². The first-order chi connectivity index (χ1) is 7.59. The molecule has 1 aromatic rings. The second-order valence-corrected chi connectivity index (χ2v) is 4.21. The number of hydrogen-bond acceptors (Lipinski definition) is 3. The summed E-state index contributed by atoms with van der Waals surface area (Å²) in [5, 5.41) is 18.8. The van der Waals surface area contributed by atoms with Crippen LogP contribution in [0.2, 0.25) is 0 Å². The molecule has 0 unspecified atom stereocenters. The number of para-hydroxylation sites is 1. The number of hydrogen-bond donors (Lipinski definition) is 2. The number of rotatable bonds is 4. The van der Waals surface area contributed by atoms with E-state index in [-0.39, 0.29) is 17.6 Å². The first-order valence-corrected chi connectivity index (χ1v) is 5.17. The van der Waals surface area contributed by atoms with Gasteiger partial charge in [-0.05, 0) is 18.9 Å². The monoisotopic (exact) mass is 222 g/mol. The van der Waals surface area contributed by atoms with Crippen LogP contribution < -0.4 is 4.74 Å². The molecule has 0 radical (unpaired) electrons. The van der Waals surface area contributed by atoms with Gasteiger partial charge in [-0.25, -0.2) is 0 Å². The summed E-state index contributed by atoms with van der Waals surface area (Å²) in [6.07, 6.45) is 1.67. The molecule has 1 aliphatic carbocycles. The number of carboxylic acid groups (broad SMARTS) is 1. The molecular weight excluding hydrogens is 208 g/mol. The van der Waals surface area contributed by atoms with Crippen LogP contribution in [0, 0.1) is 0 Å². The average molecular weight is 222 g/mol. The Balaban J connectivity index is 2.37. The van der Waals surface area contributed by atoms with Crippen LogP contribution in [0.4, 0.5) is 0 Å². The smallest absolute Gasteiger partial charge is 0.304 e. The van der Waals surface area contributed by atoms with Gasteiger partial charge in [-0.3, -0.25) is 4.79 Å². The lowest BCUT2D eigenvalue weighted by Gasteiger charge is -2.16. The lowest BCUT2D eigenvalue weighted by atomic mass is 9.91. The highest BCUT2D eigenvalue weighted by molar-refractivity contribution is 5.71. The summed E-state index contributed by atoms with van der Waals surface area (Å²) >= 11 is 0. The molecule has 0 bridgehead atoms. The second-order valence-electron chi connectivity index (χ2n) is 4.21. The van der Waals surface area contributed by atoms with Gasteiger partial charge in [-0.2, -0.15) is 0 Å². The van der Waals surface area contributed by atoms with Crippen molar-refractivity contribution in [2.75, 3.05) is 7.11 Å². The Bertz CT molecular complexity index is 421. The van der Waals surface area contributed by atoms with Crippen molar-refractivity contribution in [3.63, 3.8) is 0 Å². The molecule has 0 saturated heterocycles. The van der Waals surface area contributed by atoms with Crippen molar-refractivity contribution in [2.45, 2.75) is 24.7 Å². The molecule has 4 nitrogen and oxygen atoms in total. The third kappa shape index (κ3) is 1.71. The molecule has 0 aliphatic heterocycles. The van der Waals surface area contributed by atoms with Gasteiger partial charge >= 0.3 is 5.97 Å². The van der Waals surface area contributed by atoms with E-state index in [9.17, 15) is 9.90 Å². The van der Waals surface area contributed by atoms with Gasteiger partial charge in [0.2, 0.25) is 0 Å².